The van der Waals surface area contributed by atoms with Crippen LogP contribution in [0.5, 0.6) is 0 Å². The van der Waals surface area contributed by atoms with Gasteiger partial charge in [0.2, 0.25) is 17.7 Å². The normalized spacial score (nSPS) is 29.1. The summed E-state index contributed by atoms with van der Waals surface area (Å²) in [5.74, 6) is -5.83. The lowest BCUT2D eigenvalue weighted by Crippen LogP contribution is -2.70. The molecule has 1 aromatic rings. The molecular weight excluding hydrogens is 528 g/mol. The van der Waals surface area contributed by atoms with Crippen molar-refractivity contribution < 1.29 is 23.2 Å². The second-order valence-corrected chi connectivity index (χ2v) is 11.9. The number of carbonyl (C=O) groups excluding carboxylic acids is 3. The van der Waals surface area contributed by atoms with Crippen molar-refractivity contribution in [3.63, 3.8) is 0 Å². The van der Waals surface area contributed by atoms with E-state index in [9.17, 15) is 19.6 Å². The summed E-state index contributed by atoms with van der Waals surface area (Å²) in [6.07, 6.45) is 4.01. The molecular formula is C28H34ClF2N5O3. The van der Waals surface area contributed by atoms with Crippen LogP contribution in [0.4, 0.5) is 14.5 Å². The van der Waals surface area contributed by atoms with Crippen molar-refractivity contribution in [1.82, 2.24) is 15.5 Å². The van der Waals surface area contributed by atoms with Crippen LogP contribution in [-0.4, -0.2) is 59.3 Å². The fourth-order valence-corrected chi connectivity index (χ4v) is 6.63. The van der Waals surface area contributed by atoms with Crippen molar-refractivity contribution in [2.24, 2.45) is 17.8 Å². The van der Waals surface area contributed by atoms with Crippen molar-refractivity contribution in [3.8, 4) is 6.07 Å². The third kappa shape index (κ3) is 6.13. The van der Waals surface area contributed by atoms with Gasteiger partial charge in [0.25, 0.3) is 5.92 Å². The van der Waals surface area contributed by atoms with Gasteiger partial charge < -0.3 is 20.9 Å². The molecule has 6 atom stereocenters. The highest BCUT2D eigenvalue weighted by Gasteiger charge is 2.61. The number of alkyl halides is 2. The van der Waals surface area contributed by atoms with E-state index in [-0.39, 0.29) is 24.7 Å². The molecule has 3 amide bonds. The lowest BCUT2D eigenvalue weighted by molar-refractivity contribution is -0.194. The summed E-state index contributed by atoms with van der Waals surface area (Å²) in [7, 11) is 0. The zero-order valence-corrected chi connectivity index (χ0v) is 22.4. The Morgan fingerprint density at radius 2 is 2.00 bits per heavy atom. The summed E-state index contributed by atoms with van der Waals surface area (Å²) in [4.78, 5) is 41.3. The maximum atomic E-state index is 15.1. The molecule has 2 aliphatic carbocycles. The number of hydrogen-bond donors (Lipinski definition) is 3. The van der Waals surface area contributed by atoms with Gasteiger partial charge in [0.1, 0.15) is 18.1 Å². The van der Waals surface area contributed by atoms with Gasteiger partial charge >= 0.3 is 0 Å². The molecule has 39 heavy (non-hydrogen) atoms. The summed E-state index contributed by atoms with van der Waals surface area (Å²) in [5, 5.41) is 18.9. The minimum Gasteiger partial charge on any atom is -0.374 e. The Morgan fingerprint density at radius 3 is 2.67 bits per heavy atom. The number of rotatable bonds is 9. The number of carbonyl (C=O) groups is 3. The lowest BCUT2D eigenvalue weighted by Gasteiger charge is -2.54. The molecule has 6 rings (SSSR count). The SMILES string of the molecule is N#C[C@H](C[C@H]1CCCNC1=O)NC(=O)[C@H]1[C@H]2CC[C@H](CC2(F)F)N1C(=O)[C@H](CC1CC1)Nc1cccc(Cl)c1. The number of nitrogens with zero attached hydrogens (tertiary/aromatic N) is 2. The third-order valence-corrected chi connectivity index (χ3v) is 8.82. The highest BCUT2D eigenvalue weighted by atomic mass is 35.5. The number of hydrogen-bond acceptors (Lipinski definition) is 5. The zero-order chi connectivity index (χ0) is 27.7. The highest BCUT2D eigenvalue weighted by Crippen LogP contribution is 2.49. The monoisotopic (exact) mass is 561 g/mol. The molecule has 11 heteroatoms. The number of halogens is 3. The van der Waals surface area contributed by atoms with Crippen molar-refractivity contribution in [2.45, 2.75) is 87.9 Å². The lowest BCUT2D eigenvalue weighted by atomic mass is 9.71. The number of nitrogens with one attached hydrogen (secondary N) is 3. The van der Waals surface area contributed by atoms with E-state index >= 15 is 8.78 Å². The highest BCUT2D eigenvalue weighted by molar-refractivity contribution is 6.30. The van der Waals surface area contributed by atoms with Crippen molar-refractivity contribution >= 4 is 35.0 Å². The van der Waals surface area contributed by atoms with E-state index in [1.54, 1.807) is 24.3 Å². The first kappa shape index (κ1) is 27.6. The molecule has 210 valence electrons. The minimum absolute atomic E-state index is 0.0971. The molecule has 1 aromatic carbocycles. The van der Waals surface area contributed by atoms with Crippen LogP contribution in [0.25, 0.3) is 0 Å². The minimum atomic E-state index is -3.10. The Balaban J connectivity index is 1.38. The van der Waals surface area contributed by atoms with Crippen LogP contribution in [0.15, 0.2) is 24.3 Å². The van der Waals surface area contributed by atoms with E-state index in [4.69, 9.17) is 11.6 Å². The summed E-state index contributed by atoms with van der Waals surface area (Å²) < 4.78 is 30.3. The molecule has 0 radical (unpaired) electrons. The Hall–Kier alpha value is -2.93. The molecule has 3 saturated heterocycles. The molecule has 5 fully saturated rings. The van der Waals surface area contributed by atoms with Gasteiger partial charge in [-0.3, -0.25) is 14.4 Å². The number of benzene rings is 1. The van der Waals surface area contributed by atoms with Crippen LogP contribution in [0.1, 0.15) is 57.8 Å². The van der Waals surface area contributed by atoms with Crippen molar-refractivity contribution in [2.75, 3.05) is 11.9 Å². The molecule has 0 spiro atoms. The van der Waals surface area contributed by atoms with Gasteiger partial charge in [-0.05, 0) is 62.6 Å². The number of piperidine rings is 3. The molecule has 5 aliphatic rings. The quantitative estimate of drug-likeness (QED) is 0.424. The van der Waals surface area contributed by atoms with Gasteiger partial charge in [-0.25, -0.2) is 8.78 Å². The van der Waals surface area contributed by atoms with Gasteiger partial charge in [-0.15, -0.1) is 0 Å². The predicted molar refractivity (Wildman–Crippen MR) is 141 cm³/mol. The first-order chi connectivity index (χ1) is 18.7. The Bertz CT molecular complexity index is 1160. The number of anilines is 1. The molecule has 2 saturated carbocycles. The fourth-order valence-electron chi connectivity index (χ4n) is 6.44. The topological polar surface area (TPSA) is 114 Å². The van der Waals surface area contributed by atoms with E-state index in [2.05, 4.69) is 16.0 Å². The summed E-state index contributed by atoms with van der Waals surface area (Å²) in [5.41, 5.74) is 0.644. The Labute approximate surface area is 231 Å². The van der Waals surface area contributed by atoms with Crippen LogP contribution in [0.2, 0.25) is 5.02 Å². The largest absolute Gasteiger partial charge is 0.374 e. The first-order valence-electron chi connectivity index (χ1n) is 13.9. The Kier molecular flexibility index (Phi) is 7.99. The summed E-state index contributed by atoms with van der Waals surface area (Å²) >= 11 is 6.14. The second-order valence-electron chi connectivity index (χ2n) is 11.4. The van der Waals surface area contributed by atoms with Crippen LogP contribution in [0.3, 0.4) is 0 Å². The Morgan fingerprint density at radius 1 is 1.21 bits per heavy atom. The second kappa shape index (κ2) is 11.3. The van der Waals surface area contributed by atoms with Crippen molar-refractivity contribution in [3.05, 3.63) is 29.3 Å². The van der Waals surface area contributed by atoms with Crippen LogP contribution < -0.4 is 16.0 Å². The zero-order valence-electron chi connectivity index (χ0n) is 21.7. The van der Waals surface area contributed by atoms with Gasteiger partial charge in [0.05, 0.1) is 12.0 Å². The molecule has 0 aromatic heterocycles. The van der Waals surface area contributed by atoms with Crippen LogP contribution in [-0.2, 0) is 14.4 Å². The van der Waals surface area contributed by atoms with Crippen LogP contribution >= 0.6 is 11.6 Å². The molecule has 3 aliphatic heterocycles. The molecule has 3 N–H and O–H groups in total. The first-order valence-corrected chi connectivity index (χ1v) is 14.2. The maximum Gasteiger partial charge on any atom is 0.255 e. The smallest absolute Gasteiger partial charge is 0.255 e. The molecule has 8 nitrogen and oxygen atoms in total. The van der Waals surface area contributed by atoms with E-state index in [1.165, 1.54) is 4.90 Å². The summed E-state index contributed by atoms with van der Waals surface area (Å²) in [6.45, 7) is 0.571. The standard InChI is InChI=1S/C28H34ClF2N5O3/c29-18-4-1-5-19(13-18)34-23(11-16-6-7-16)27(39)36-21-8-9-22(28(30,31)14-21)24(36)26(38)35-20(15-32)12-17-3-2-10-33-25(17)37/h1,4-5,13,16-17,20-24,34H,2-3,6-12,14H2,(H,33,37)(H,35,38)/t17-,20+,21-,22-,23+,24-/m1/s1. The van der Waals surface area contributed by atoms with Crippen LogP contribution in [0, 0.1) is 29.1 Å². The molecule has 0 unspecified atom stereocenters. The van der Waals surface area contributed by atoms with E-state index in [0.29, 0.717) is 42.4 Å². The number of fused-ring (bicyclic) bond motifs is 3. The molecule has 2 bridgehead atoms. The average Bonchev–Trinajstić information content (AvgIpc) is 3.72. The van der Waals surface area contributed by atoms with Gasteiger partial charge in [-0.2, -0.15) is 5.26 Å². The fraction of sp³-hybridized carbons (Fsp3) is 0.643. The van der Waals surface area contributed by atoms with Crippen molar-refractivity contribution in [1.29, 1.82) is 5.26 Å². The van der Waals surface area contributed by atoms with Gasteiger partial charge in [0.15, 0.2) is 0 Å². The summed E-state index contributed by atoms with van der Waals surface area (Å²) in [6, 6.07) is 5.10. The average molecular weight is 562 g/mol. The van der Waals surface area contributed by atoms with Gasteiger partial charge in [0, 0.05) is 35.6 Å². The van der Waals surface area contributed by atoms with E-state index < -0.39 is 54.3 Å². The van der Waals surface area contributed by atoms with Gasteiger partial charge in [-0.1, -0.05) is 30.5 Å². The molecule has 3 heterocycles. The maximum absolute atomic E-state index is 15.1. The van der Waals surface area contributed by atoms with E-state index in [1.807, 2.05) is 6.07 Å². The predicted octanol–water partition coefficient (Wildman–Crippen LogP) is 3.86. The third-order valence-electron chi connectivity index (χ3n) is 8.58. The number of nitriles is 1. The number of amides is 3. The van der Waals surface area contributed by atoms with E-state index in [0.717, 1.165) is 19.3 Å².